The zero-order valence-corrected chi connectivity index (χ0v) is 9.29. The van der Waals surface area contributed by atoms with E-state index in [0.717, 1.165) is 6.26 Å². The Morgan fingerprint density at radius 1 is 1.33 bits per heavy atom. The molecule has 1 aliphatic rings. The number of nitrogens with one attached hydrogen (secondary N) is 1. The van der Waals surface area contributed by atoms with Crippen molar-refractivity contribution in [1.29, 1.82) is 0 Å². The van der Waals surface area contributed by atoms with E-state index >= 15 is 0 Å². The molecule has 6 nitrogen and oxygen atoms in total. The Hall–Kier alpha value is -0.820. The first kappa shape index (κ1) is 12.3. The van der Waals surface area contributed by atoms with Crippen molar-refractivity contribution in [3.8, 4) is 0 Å². The van der Waals surface area contributed by atoms with Crippen LogP contribution in [0.3, 0.4) is 0 Å². The number of amides is 1. The molecule has 0 aliphatic heterocycles. The second-order valence-electron chi connectivity index (χ2n) is 3.72. The van der Waals surface area contributed by atoms with Crippen molar-refractivity contribution in [2.75, 3.05) is 6.26 Å². The number of carbonyl (C=O) groups is 1. The molecule has 1 rings (SSSR count). The highest BCUT2D eigenvalue weighted by Crippen LogP contribution is 2.22. The molecule has 2 N–H and O–H groups in total. The maximum atomic E-state index is 10.8. The van der Waals surface area contributed by atoms with Gasteiger partial charge in [-0.1, -0.05) is 0 Å². The number of hydrogen-bond acceptors (Lipinski definition) is 4. The molecule has 7 heteroatoms. The lowest BCUT2D eigenvalue weighted by molar-refractivity contribution is 0.140. The molecule has 15 heavy (non-hydrogen) atoms. The highest BCUT2D eigenvalue weighted by molar-refractivity contribution is 7.86. The minimum absolute atomic E-state index is 0.0816. The molecular weight excluding hydrogens is 222 g/mol. The van der Waals surface area contributed by atoms with E-state index in [0.29, 0.717) is 25.7 Å². The fourth-order valence-corrected chi connectivity index (χ4v) is 2.41. The van der Waals surface area contributed by atoms with Crippen molar-refractivity contribution in [1.82, 2.24) is 5.32 Å². The smallest absolute Gasteiger partial charge is 0.404 e. The van der Waals surface area contributed by atoms with E-state index in [1.165, 1.54) is 0 Å². The van der Waals surface area contributed by atoms with Gasteiger partial charge in [0, 0.05) is 6.04 Å². The first-order chi connectivity index (χ1) is 6.87. The summed E-state index contributed by atoms with van der Waals surface area (Å²) in [5, 5.41) is 10.9. The maximum Gasteiger partial charge on any atom is 0.404 e. The van der Waals surface area contributed by atoms with Crippen LogP contribution in [0.2, 0.25) is 0 Å². The third-order valence-corrected chi connectivity index (χ3v) is 2.93. The third kappa shape index (κ3) is 4.98. The summed E-state index contributed by atoms with van der Waals surface area (Å²) in [7, 11) is -3.40. The Kier molecular flexibility index (Phi) is 3.92. The van der Waals surface area contributed by atoms with Crippen molar-refractivity contribution in [2.24, 2.45) is 0 Å². The Bertz CT molecular complexity index is 318. The van der Waals surface area contributed by atoms with Gasteiger partial charge in [-0.3, -0.25) is 4.18 Å². The van der Waals surface area contributed by atoms with Crippen LogP contribution in [0.25, 0.3) is 0 Å². The molecule has 0 saturated heterocycles. The summed E-state index contributed by atoms with van der Waals surface area (Å²) in [6.45, 7) is 0. The standard InChI is InChI=1S/C8H15NO5S/c1-15(12,13)14-7-4-2-6(3-5-7)9-8(10)11/h6-7,9H,2-5H2,1H3,(H,10,11). The summed E-state index contributed by atoms with van der Waals surface area (Å²) in [5.74, 6) is 0. The maximum absolute atomic E-state index is 10.8. The van der Waals surface area contributed by atoms with Crippen LogP contribution in [0, 0.1) is 0 Å². The van der Waals surface area contributed by atoms with Crippen LogP contribution in [-0.2, 0) is 14.3 Å². The van der Waals surface area contributed by atoms with Gasteiger partial charge in [-0.15, -0.1) is 0 Å². The fourth-order valence-electron chi connectivity index (χ4n) is 1.73. The second-order valence-corrected chi connectivity index (χ2v) is 5.32. The molecule has 0 aromatic rings. The van der Waals surface area contributed by atoms with E-state index in [1.54, 1.807) is 0 Å². The van der Waals surface area contributed by atoms with Crippen LogP contribution >= 0.6 is 0 Å². The van der Waals surface area contributed by atoms with Crippen LogP contribution in [0.15, 0.2) is 0 Å². The zero-order chi connectivity index (χ0) is 11.5. The molecule has 0 aromatic carbocycles. The number of hydrogen-bond donors (Lipinski definition) is 2. The highest BCUT2D eigenvalue weighted by Gasteiger charge is 2.25. The van der Waals surface area contributed by atoms with Gasteiger partial charge in [-0.2, -0.15) is 8.42 Å². The average Bonchev–Trinajstić information content (AvgIpc) is 2.05. The molecule has 1 saturated carbocycles. The molecule has 1 aliphatic carbocycles. The van der Waals surface area contributed by atoms with Crippen LogP contribution in [0.5, 0.6) is 0 Å². The molecule has 0 aromatic heterocycles. The van der Waals surface area contributed by atoms with Crippen molar-refractivity contribution in [2.45, 2.75) is 37.8 Å². The van der Waals surface area contributed by atoms with Crippen molar-refractivity contribution in [3.63, 3.8) is 0 Å². The number of rotatable bonds is 3. The van der Waals surface area contributed by atoms with Gasteiger partial charge in [0.2, 0.25) is 0 Å². The SMILES string of the molecule is CS(=O)(=O)OC1CCC(NC(=O)O)CC1. The molecule has 0 heterocycles. The lowest BCUT2D eigenvalue weighted by Gasteiger charge is -2.27. The van der Waals surface area contributed by atoms with Gasteiger partial charge in [0.25, 0.3) is 10.1 Å². The van der Waals surface area contributed by atoms with E-state index in [9.17, 15) is 13.2 Å². The molecule has 0 unspecified atom stereocenters. The quantitative estimate of drug-likeness (QED) is 0.699. The minimum Gasteiger partial charge on any atom is -0.465 e. The first-order valence-electron chi connectivity index (χ1n) is 4.74. The van der Waals surface area contributed by atoms with Crippen LogP contribution in [0.4, 0.5) is 4.79 Å². The lowest BCUT2D eigenvalue weighted by atomic mass is 9.93. The molecular formula is C8H15NO5S. The summed E-state index contributed by atoms with van der Waals surface area (Å²) in [6, 6.07) is -0.0816. The Labute approximate surface area is 88.7 Å². The van der Waals surface area contributed by atoms with Crippen LogP contribution in [-0.4, -0.2) is 38.0 Å². The van der Waals surface area contributed by atoms with E-state index in [4.69, 9.17) is 9.29 Å². The van der Waals surface area contributed by atoms with Gasteiger partial charge in [0.1, 0.15) is 0 Å². The predicted octanol–water partition coefficient (Wildman–Crippen LogP) is 0.541. The molecule has 0 radical (unpaired) electrons. The zero-order valence-electron chi connectivity index (χ0n) is 8.47. The van der Waals surface area contributed by atoms with Crippen LogP contribution < -0.4 is 5.32 Å². The van der Waals surface area contributed by atoms with Gasteiger partial charge < -0.3 is 10.4 Å². The molecule has 0 bridgehead atoms. The van der Waals surface area contributed by atoms with Crippen LogP contribution in [0.1, 0.15) is 25.7 Å². The Morgan fingerprint density at radius 3 is 2.27 bits per heavy atom. The van der Waals surface area contributed by atoms with E-state index in [2.05, 4.69) is 5.32 Å². The van der Waals surface area contributed by atoms with Gasteiger partial charge in [0.15, 0.2) is 0 Å². The third-order valence-electron chi connectivity index (χ3n) is 2.31. The first-order valence-corrected chi connectivity index (χ1v) is 6.56. The van der Waals surface area contributed by atoms with E-state index in [1.807, 2.05) is 0 Å². The molecule has 0 atom stereocenters. The van der Waals surface area contributed by atoms with Gasteiger partial charge >= 0.3 is 6.09 Å². The monoisotopic (exact) mass is 237 g/mol. The largest absolute Gasteiger partial charge is 0.465 e. The van der Waals surface area contributed by atoms with Crippen molar-refractivity contribution in [3.05, 3.63) is 0 Å². The topological polar surface area (TPSA) is 92.7 Å². The summed E-state index contributed by atoms with van der Waals surface area (Å²) >= 11 is 0. The summed E-state index contributed by atoms with van der Waals surface area (Å²) in [5.41, 5.74) is 0. The Morgan fingerprint density at radius 2 is 1.87 bits per heavy atom. The molecule has 1 amide bonds. The summed E-state index contributed by atoms with van der Waals surface area (Å²) in [4.78, 5) is 10.3. The van der Waals surface area contributed by atoms with E-state index < -0.39 is 16.2 Å². The number of carboxylic acid groups (broad SMARTS) is 1. The average molecular weight is 237 g/mol. The van der Waals surface area contributed by atoms with Gasteiger partial charge in [-0.05, 0) is 25.7 Å². The lowest BCUT2D eigenvalue weighted by Crippen LogP contribution is -2.38. The van der Waals surface area contributed by atoms with Crippen molar-refractivity contribution < 1.29 is 22.5 Å². The molecule has 1 fully saturated rings. The fraction of sp³-hybridized carbons (Fsp3) is 0.875. The van der Waals surface area contributed by atoms with Gasteiger partial charge in [0.05, 0.1) is 12.4 Å². The van der Waals surface area contributed by atoms with Gasteiger partial charge in [-0.25, -0.2) is 4.79 Å². The predicted molar refractivity (Wildman–Crippen MR) is 53.1 cm³/mol. The highest BCUT2D eigenvalue weighted by atomic mass is 32.2. The summed E-state index contributed by atoms with van der Waals surface area (Å²) < 4.78 is 26.5. The summed E-state index contributed by atoms with van der Waals surface area (Å²) in [6.07, 6.45) is 2.05. The normalized spacial score (nSPS) is 27.3. The van der Waals surface area contributed by atoms with E-state index in [-0.39, 0.29) is 12.1 Å². The molecule has 0 spiro atoms. The minimum atomic E-state index is -3.40. The molecule has 88 valence electrons. The van der Waals surface area contributed by atoms with Crippen molar-refractivity contribution >= 4 is 16.2 Å². The Balaban J connectivity index is 2.33. The second kappa shape index (κ2) is 4.80.